The number of carbonyl (C=O) groups is 1. The molecule has 10 nitrogen and oxygen atoms in total. The van der Waals surface area contributed by atoms with E-state index in [2.05, 4.69) is 10.5 Å². The average Bonchev–Trinajstić information content (AvgIpc) is 3.18. The molecule has 0 aliphatic rings. The van der Waals surface area contributed by atoms with E-state index in [1.54, 1.807) is 25.1 Å². The number of hydrogen-bond acceptors (Lipinski definition) is 7. The van der Waals surface area contributed by atoms with Gasteiger partial charge in [-0.1, -0.05) is 0 Å². The van der Waals surface area contributed by atoms with Gasteiger partial charge in [-0.05, 0) is 55.3 Å². The molecule has 152 valence electrons. The number of nitrogens with one attached hydrogen (secondary N) is 1. The molecule has 0 fully saturated rings. The summed E-state index contributed by atoms with van der Waals surface area (Å²) in [5.41, 5.74) is 4.32. The smallest absolute Gasteiger partial charge is 0.280 e. The first kappa shape index (κ1) is 20.4. The molecule has 0 bridgehead atoms. The Kier molecular flexibility index (Phi) is 5.68. The van der Waals surface area contributed by atoms with Crippen LogP contribution in [0.1, 0.15) is 27.2 Å². The van der Waals surface area contributed by atoms with Gasteiger partial charge >= 0.3 is 0 Å². The normalized spacial score (nSPS) is 10.9. The molecule has 0 saturated carbocycles. The Morgan fingerprint density at radius 2 is 1.67 bits per heavy atom. The standard InChI is InChI=1S/C20H16N4O6/c1-12-9-17(18(24(28)29)10-13(12)2)19-8-7-16(30-19)11-21-22-20(25)14-3-5-15(6-4-14)23(26)27/h3-11H,1-2H3,(H,22,25). The van der Waals surface area contributed by atoms with Crippen molar-refractivity contribution in [3.05, 3.63) is 91.2 Å². The first-order chi connectivity index (χ1) is 14.3. The van der Waals surface area contributed by atoms with Gasteiger partial charge in [0.15, 0.2) is 0 Å². The van der Waals surface area contributed by atoms with E-state index in [4.69, 9.17) is 4.42 Å². The molecule has 3 aromatic rings. The van der Waals surface area contributed by atoms with E-state index >= 15 is 0 Å². The van der Waals surface area contributed by atoms with Crippen LogP contribution in [0.4, 0.5) is 11.4 Å². The van der Waals surface area contributed by atoms with Crippen LogP contribution in [-0.4, -0.2) is 22.0 Å². The second-order valence-corrected chi connectivity index (χ2v) is 6.42. The second kappa shape index (κ2) is 8.35. The van der Waals surface area contributed by atoms with Gasteiger partial charge in [-0.3, -0.25) is 25.0 Å². The van der Waals surface area contributed by atoms with Crippen LogP contribution in [0.3, 0.4) is 0 Å². The Bertz CT molecular complexity index is 1160. The molecular formula is C20H16N4O6. The molecule has 0 aliphatic carbocycles. The third kappa shape index (κ3) is 4.38. The molecule has 0 aliphatic heterocycles. The van der Waals surface area contributed by atoms with Crippen molar-refractivity contribution in [3.8, 4) is 11.3 Å². The van der Waals surface area contributed by atoms with Gasteiger partial charge < -0.3 is 4.42 Å². The first-order valence-electron chi connectivity index (χ1n) is 8.70. The van der Waals surface area contributed by atoms with Crippen LogP contribution in [0.2, 0.25) is 0 Å². The van der Waals surface area contributed by atoms with Crippen LogP contribution < -0.4 is 5.43 Å². The molecule has 0 spiro atoms. The van der Waals surface area contributed by atoms with E-state index in [0.29, 0.717) is 11.3 Å². The van der Waals surface area contributed by atoms with E-state index in [1.165, 1.54) is 36.5 Å². The molecule has 0 radical (unpaired) electrons. The summed E-state index contributed by atoms with van der Waals surface area (Å²) in [6.45, 7) is 3.64. The summed E-state index contributed by atoms with van der Waals surface area (Å²) in [5, 5.41) is 25.8. The number of nitrogens with zero attached hydrogens (tertiary/aromatic N) is 3. The lowest BCUT2D eigenvalue weighted by molar-refractivity contribution is -0.384. The number of hydrogen-bond donors (Lipinski definition) is 1. The van der Waals surface area contributed by atoms with Gasteiger partial charge in [-0.15, -0.1) is 0 Å². The topological polar surface area (TPSA) is 141 Å². The van der Waals surface area contributed by atoms with Crippen molar-refractivity contribution in [1.82, 2.24) is 5.43 Å². The van der Waals surface area contributed by atoms with Crippen LogP contribution in [0.15, 0.2) is 58.0 Å². The molecule has 1 aromatic heterocycles. The summed E-state index contributed by atoms with van der Waals surface area (Å²) in [4.78, 5) is 33.0. The number of hydrazone groups is 1. The molecule has 1 amide bonds. The number of rotatable bonds is 6. The molecule has 0 unspecified atom stereocenters. The van der Waals surface area contributed by atoms with Crippen LogP contribution in [0.25, 0.3) is 11.3 Å². The zero-order chi connectivity index (χ0) is 21.8. The highest BCUT2D eigenvalue weighted by Crippen LogP contribution is 2.33. The van der Waals surface area contributed by atoms with Crippen LogP contribution in [-0.2, 0) is 0 Å². The molecule has 30 heavy (non-hydrogen) atoms. The van der Waals surface area contributed by atoms with E-state index in [0.717, 1.165) is 11.1 Å². The lowest BCUT2D eigenvalue weighted by Crippen LogP contribution is -2.17. The maximum absolute atomic E-state index is 12.0. The summed E-state index contributed by atoms with van der Waals surface area (Å²) < 4.78 is 5.60. The Morgan fingerprint density at radius 3 is 2.30 bits per heavy atom. The summed E-state index contributed by atoms with van der Waals surface area (Å²) in [5.74, 6) is 0.0206. The maximum atomic E-state index is 12.0. The lowest BCUT2D eigenvalue weighted by atomic mass is 10.0. The molecule has 10 heteroatoms. The van der Waals surface area contributed by atoms with Crippen molar-refractivity contribution < 1.29 is 19.1 Å². The molecule has 0 saturated heterocycles. The highest BCUT2D eigenvalue weighted by molar-refractivity contribution is 5.95. The van der Waals surface area contributed by atoms with Gasteiger partial charge in [0.2, 0.25) is 0 Å². The zero-order valence-electron chi connectivity index (χ0n) is 16.0. The fourth-order valence-corrected chi connectivity index (χ4v) is 2.67. The number of nitro groups is 2. The number of amides is 1. The predicted octanol–water partition coefficient (Wildman–Crippen LogP) is 4.14. The maximum Gasteiger partial charge on any atom is 0.280 e. The van der Waals surface area contributed by atoms with Crippen LogP contribution in [0.5, 0.6) is 0 Å². The van der Waals surface area contributed by atoms with E-state index in [9.17, 15) is 25.0 Å². The van der Waals surface area contributed by atoms with Gasteiger partial charge in [0.25, 0.3) is 17.3 Å². The monoisotopic (exact) mass is 408 g/mol. The quantitative estimate of drug-likeness (QED) is 0.369. The summed E-state index contributed by atoms with van der Waals surface area (Å²) in [6, 6.07) is 11.4. The molecule has 2 aromatic carbocycles. The van der Waals surface area contributed by atoms with Crippen LogP contribution in [0, 0.1) is 34.1 Å². The zero-order valence-corrected chi connectivity index (χ0v) is 16.0. The fourth-order valence-electron chi connectivity index (χ4n) is 2.67. The average molecular weight is 408 g/mol. The Labute approximate surface area is 170 Å². The summed E-state index contributed by atoms with van der Waals surface area (Å²) in [6.07, 6.45) is 1.25. The van der Waals surface area contributed by atoms with Crippen LogP contribution >= 0.6 is 0 Å². The third-order valence-corrected chi connectivity index (χ3v) is 4.40. The minimum absolute atomic E-state index is 0.0672. The van der Waals surface area contributed by atoms with Crippen molar-refractivity contribution in [3.63, 3.8) is 0 Å². The van der Waals surface area contributed by atoms with Gasteiger partial charge in [-0.25, -0.2) is 5.43 Å². The Morgan fingerprint density at radius 1 is 1.00 bits per heavy atom. The number of nitro benzene ring substituents is 2. The highest BCUT2D eigenvalue weighted by atomic mass is 16.6. The van der Waals surface area contributed by atoms with Crippen molar-refractivity contribution >= 4 is 23.5 Å². The summed E-state index contributed by atoms with van der Waals surface area (Å²) in [7, 11) is 0. The van der Waals surface area contributed by atoms with Gasteiger partial charge in [-0.2, -0.15) is 5.10 Å². The molecule has 1 N–H and O–H groups in total. The molecular weight excluding hydrogens is 392 g/mol. The van der Waals surface area contributed by atoms with E-state index < -0.39 is 15.8 Å². The lowest BCUT2D eigenvalue weighted by Gasteiger charge is -2.04. The van der Waals surface area contributed by atoms with E-state index in [-0.39, 0.29) is 22.7 Å². The minimum atomic E-state index is -0.561. The number of aryl methyl sites for hydroxylation is 2. The van der Waals surface area contributed by atoms with Crippen molar-refractivity contribution in [2.75, 3.05) is 0 Å². The number of carbonyl (C=O) groups excluding carboxylic acids is 1. The highest BCUT2D eigenvalue weighted by Gasteiger charge is 2.19. The number of furan rings is 1. The fraction of sp³-hybridized carbons (Fsp3) is 0.100. The van der Waals surface area contributed by atoms with Crippen molar-refractivity contribution in [1.29, 1.82) is 0 Å². The van der Waals surface area contributed by atoms with Gasteiger partial charge in [0.05, 0.1) is 21.6 Å². The third-order valence-electron chi connectivity index (χ3n) is 4.40. The van der Waals surface area contributed by atoms with Gasteiger partial charge in [0, 0.05) is 23.8 Å². The second-order valence-electron chi connectivity index (χ2n) is 6.42. The number of non-ortho nitro benzene ring substituents is 1. The predicted molar refractivity (Wildman–Crippen MR) is 108 cm³/mol. The summed E-state index contributed by atoms with van der Waals surface area (Å²) >= 11 is 0. The molecule has 3 rings (SSSR count). The largest absolute Gasteiger partial charge is 0.455 e. The SMILES string of the molecule is Cc1cc(-c2ccc(C=NNC(=O)c3ccc([N+](=O)[O-])cc3)o2)c([N+](=O)[O-])cc1C. The first-order valence-corrected chi connectivity index (χ1v) is 8.70. The molecule has 0 atom stereocenters. The van der Waals surface area contributed by atoms with Gasteiger partial charge in [0.1, 0.15) is 11.5 Å². The Hall–Kier alpha value is -4.34. The molecule has 1 heterocycles. The minimum Gasteiger partial charge on any atom is -0.455 e. The van der Waals surface area contributed by atoms with E-state index in [1.807, 2.05) is 6.92 Å². The van der Waals surface area contributed by atoms with Crippen molar-refractivity contribution in [2.24, 2.45) is 5.10 Å². The number of benzene rings is 2. The Balaban J connectivity index is 1.74. The van der Waals surface area contributed by atoms with Crippen molar-refractivity contribution in [2.45, 2.75) is 13.8 Å².